The number of nitrogens with zero attached hydrogens (tertiary/aromatic N) is 1. The Bertz CT molecular complexity index is 453. The molecule has 0 saturated heterocycles. The van der Waals surface area contributed by atoms with Gasteiger partial charge in [0.2, 0.25) is 0 Å². The lowest BCUT2D eigenvalue weighted by Crippen LogP contribution is -2.22. The standard InChI is InChI=1S/C10H12BrN3O4/c1-12-10(15)18-5-4-13-7-2-3-9(14(16)17)8(11)6-7/h2-3,6,13H,4-5H2,1H3,(H,12,15). The Morgan fingerprint density at radius 3 is 2.83 bits per heavy atom. The molecule has 0 saturated carbocycles. The molecule has 0 bridgehead atoms. The first-order chi connectivity index (χ1) is 8.54. The molecule has 1 aromatic rings. The second-order valence-corrected chi connectivity index (χ2v) is 4.09. The fourth-order valence-corrected chi connectivity index (χ4v) is 1.70. The van der Waals surface area contributed by atoms with Crippen LogP contribution in [0, 0.1) is 10.1 Å². The van der Waals surface area contributed by atoms with Crippen LogP contribution in [0.25, 0.3) is 0 Å². The van der Waals surface area contributed by atoms with Crippen molar-refractivity contribution in [2.24, 2.45) is 0 Å². The molecule has 1 rings (SSSR count). The first kappa shape index (κ1) is 14.2. The zero-order chi connectivity index (χ0) is 13.5. The number of hydrogen-bond acceptors (Lipinski definition) is 5. The Morgan fingerprint density at radius 1 is 1.56 bits per heavy atom. The fourth-order valence-electron chi connectivity index (χ4n) is 1.18. The summed E-state index contributed by atoms with van der Waals surface area (Å²) < 4.78 is 5.17. The average molecular weight is 318 g/mol. The van der Waals surface area contributed by atoms with Crippen LogP contribution >= 0.6 is 15.9 Å². The first-order valence-corrected chi connectivity index (χ1v) is 5.86. The van der Waals surface area contributed by atoms with Crippen LogP contribution in [-0.4, -0.2) is 31.2 Å². The van der Waals surface area contributed by atoms with E-state index >= 15 is 0 Å². The molecule has 1 amide bonds. The minimum Gasteiger partial charge on any atom is -0.448 e. The van der Waals surface area contributed by atoms with Gasteiger partial charge < -0.3 is 15.4 Å². The SMILES string of the molecule is CNC(=O)OCCNc1ccc([N+](=O)[O-])c(Br)c1. The Balaban J connectivity index is 2.46. The van der Waals surface area contributed by atoms with Gasteiger partial charge in [0, 0.05) is 25.3 Å². The maximum Gasteiger partial charge on any atom is 0.406 e. The number of benzene rings is 1. The molecule has 1 aromatic carbocycles. The van der Waals surface area contributed by atoms with Crippen molar-refractivity contribution < 1.29 is 14.5 Å². The van der Waals surface area contributed by atoms with Crippen LogP contribution in [-0.2, 0) is 4.74 Å². The van der Waals surface area contributed by atoms with Gasteiger partial charge in [0.15, 0.2) is 0 Å². The molecule has 0 spiro atoms. The molecule has 2 N–H and O–H groups in total. The van der Waals surface area contributed by atoms with E-state index in [4.69, 9.17) is 4.74 Å². The number of anilines is 1. The Labute approximate surface area is 112 Å². The summed E-state index contributed by atoms with van der Waals surface area (Å²) in [6.45, 7) is 0.617. The van der Waals surface area contributed by atoms with Gasteiger partial charge in [-0.25, -0.2) is 4.79 Å². The number of hydrogen-bond donors (Lipinski definition) is 2. The summed E-state index contributed by atoms with van der Waals surface area (Å²) in [6, 6.07) is 4.58. The highest BCUT2D eigenvalue weighted by molar-refractivity contribution is 9.10. The second-order valence-electron chi connectivity index (χ2n) is 3.24. The van der Waals surface area contributed by atoms with E-state index in [2.05, 4.69) is 26.6 Å². The lowest BCUT2D eigenvalue weighted by atomic mass is 10.3. The molecule has 0 radical (unpaired) electrons. The third kappa shape index (κ3) is 4.21. The van der Waals surface area contributed by atoms with Crippen LogP contribution in [0.5, 0.6) is 0 Å². The third-order valence-electron chi connectivity index (χ3n) is 2.01. The molecule has 7 nitrogen and oxygen atoms in total. The molecule has 0 unspecified atom stereocenters. The quantitative estimate of drug-likeness (QED) is 0.493. The van der Waals surface area contributed by atoms with E-state index < -0.39 is 11.0 Å². The van der Waals surface area contributed by atoms with E-state index in [1.807, 2.05) is 0 Å². The van der Waals surface area contributed by atoms with Crippen molar-refractivity contribution in [3.8, 4) is 0 Å². The summed E-state index contributed by atoms with van der Waals surface area (Å²) in [4.78, 5) is 20.9. The van der Waals surface area contributed by atoms with Gasteiger partial charge in [-0.05, 0) is 28.1 Å². The summed E-state index contributed by atoms with van der Waals surface area (Å²) in [5.41, 5.74) is 0.704. The number of ether oxygens (including phenoxy) is 1. The highest BCUT2D eigenvalue weighted by Crippen LogP contribution is 2.27. The van der Waals surface area contributed by atoms with E-state index in [-0.39, 0.29) is 12.3 Å². The average Bonchev–Trinajstić information content (AvgIpc) is 2.34. The molecule has 0 aliphatic carbocycles. The molecule has 0 aliphatic rings. The van der Waals surface area contributed by atoms with Gasteiger partial charge in [0.25, 0.3) is 5.69 Å². The molecule has 18 heavy (non-hydrogen) atoms. The van der Waals surface area contributed by atoms with E-state index in [1.54, 1.807) is 12.1 Å². The van der Waals surface area contributed by atoms with Crippen LogP contribution in [0.3, 0.4) is 0 Å². The summed E-state index contributed by atoms with van der Waals surface area (Å²) in [5.74, 6) is 0. The second kappa shape index (κ2) is 6.80. The number of nitro groups is 1. The van der Waals surface area contributed by atoms with Crippen LogP contribution in [0.2, 0.25) is 0 Å². The number of halogens is 1. The number of nitrogens with one attached hydrogen (secondary N) is 2. The first-order valence-electron chi connectivity index (χ1n) is 5.07. The predicted octanol–water partition coefficient (Wildman–Crippen LogP) is 2.13. The number of rotatable bonds is 5. The smallest absolute Gasteiger partial charge is 0.406 e. The molecule has 8 heteroatoms. The van der Waals surface area contributed by atoms with Gasteiger partial charge in [-0.15, -0.1) is 0 Å². The van der Waals surface area contributed by atoms with Crippen molar-refractivity contribution >= 4 is 33.4 Å². The molecule has 0 aliphatic heterocycles. The van der Waals surface area contributed by atoms with Crippen molar-refractivity contribution in [1.29, 1.82) is 0 Å². The highest BCUT2D eigenvalue weighted by Gasteiger charge is 2.11. The minimum absolute atomic E-state index is 0.00200. The predicted molar refractivity (Wildman–Crippen MR) is 69.7 cm³/mol. The topological polar surface area (TPSA) is 93.5 Å². The number of amides is 1. The monoisotopic (exact) mass is 317 g/mol. The lowest BCUT2D eigenvalue weighted by molar-refractivity contribution is -0.385. The van der Waals surface area contributed by atoms with Gasteiger partial charge in [-0.3, -0.25) is 10.1 Å². The van der Waals surface area contributed by atoms with Crippen LogP contribution in [0.1, 0.15) is 0 Å². The number of nitro benzene ring substituents is 1. The molecular weight excluding hydrogens is 306 g/mol. The minimum atomic E-state index is -0.498. The molecule has 0 heterocycles. The van der Waals surface area contributed by atoms with Crippen molar-refractivity contribution in [3.05, 3.63) is 32.8 Å². The van der Waals surface area contributed by atoms with E-state index in [9.17, 15) is 14.9 Å². The normalized spacial score (nSPS) is 9.67. The molecule has 0 atom stereocenters. The van der Waals surface area contributed by atoms with E-state index in [0.29, 0.717) is 16.7 Å². The highest BCUT2D eigenvalue weighted by atomic mass is 79.9. The molecule has 0 fully saturated rings. The lowest BCUT2D eigenvalue weighted by Gasteiger charge is -2.07. The van der Waals surface area contributed by atoms with Crippen LogP contribution in [0.15, 0.2) is 22.7 Å². The van der Waals surface area contributed by atoms with Crippen LogP contribution in [0.4, 0.5) is 16.2 Å². The van der Waals surface area contributed by atoms with Crippen molar-refractivity contribution in [2.45, 2.75) is 0 Å². The van der Waals surface area contributed by atoms with Crippen molar-refractivity contribution in [1.82, 2.24) is 5.32 Å². The summed E-state index contributed by atoms with van der Waals surface area (Å²) in [5, 5.41) is 15.9. The third-order valence-corrected chi connectivity index (χ3v) is 2.65. The molecule has 98 valence electrons. The molecule has 0 aromatic heterocycles. The van der Waals surface area contributed by atoms with E-state index in [1.165, 1.54) is 13.1 Å². The molecular formula is C10H12BrN3O4. The maximum atomic E-state index is 10.8. The summed E-state index contributed by atoms with van der Waals surface area (Å²) >= 11 is 3.11. The maximum absolute atomic E-state index is 10.8. The zero-order valence-corrected chi connectivity index (χ0v) is 11.2. The van der Waals surface area contributed by atoms with Crippen molar-refractivity contribution in [3.63, 3.8) is 0 Å². The van der Waals surface area contributed by atoms with Gasteiger partial charge in [-0.1, -0.05) is 0 Å². The van der Waals surface area contributed by atoms with Gasteiger partial charge in [0.1, 0.15) is 6.61 Å². The number of alkyl carbamates (subject to hydrolysis) is 1. The number of carbonyl (C=O) groups is 1. The number of carbonyl (C=O) groups excluding carboxylic acids is 1. The van der Waals surface area contributed by atoms with Crippen molar-refractivity contribution in [2.75, 3.05) is 25.5 Å². The van der Waals surface area contributed by atoms with Gasteiger partial charge in [-0.2, -0.15) is 0 Å². The van der Waals surface area contributed by atoms with Gasteiger partial charge >= 0.3 is 6.09 Å². The Hall–Kier alpha value is -1.83. The fraction of sp³-hybridized carbons (Fsp3) is 0.300. The van der Waals surface area contributed by atoms with Crippen LogP contribution < -0.4 is 10.6 Å². The Morgan fingerprint density at radius 2 is 2.28 bits per heavy atom. The zero-order valence-electron chi connectivity index (χ0n) is 9.60. The van der Waals surface area contributed by atoms with E-state index in [0.717, 1.165) is 0 Å². The largest absolute Gasteiger partial charge is 0.448 e. The van der Waals surface area contributed by atoms with Gasteiger partial charge in [0.05, 0.1) is 9.40 Å². The Kier molecular flexibility index (Phi) is 5.37. The summed E-state index contributed by atoms with van der Waals surface area (Å²) in [6.07, 6.45) is -0.498. The summed E-state index contributed by atoms with van der Waals surface area (Å²) in [7, 11) is 1.48.